The number of amides is 2. The van der Waals surface area contributed by atoms with E-state index >= 15 is 0 Å². The molecule has 2 amide bonds. The molecule has 0 unspecified atom stereocenters. The van der Waals surface area contributed by atoms with Crippen molar-refractivity contribution in [2.45, 2.75) is 130 Å². The summed E-state index contributed by atoms with van der Waals surface area (Å²) in [4.78, 5) is 37.9. The van der Waals surface area contributed by atoms with Gasteiger partial charge in [-0.2, -0.15) is 0 Å². The second kappa shape index (κ2) is 15.7. The average molecular weight is 502 g/mol. The monoisotopic (exact) mass is 501 g/mol. The van der Waals surface area contributed by atoms with Crippen molar-refractivity contribution in [2.75, 3.05) is 6.61 Å². The van der Waals surface area contributed by atoms with Crippen molar-refractivity contribution >= 4 is 18.0 Å². The van der Waals surface area contributed by atoms with Crippen LogP contribution in [0.4, 0.5) is 4.79 Å². The van der Waals surface area contributed by atoms with Crippen molar-refractivity contribution in [3.05, 3.63) is 34.9 Å². The zero-order valence-electron chi connectivity index (χ0n) is 23.0. The van der Waals surface area contributed by atoms with E-state index < -0.39 is 11.7 Å². The van der Waals surface area contributed by atoms with Crippen molar-refractivity contribution in [3.63, 3.8) is 0 Å². The van der Waals surface area contributed by atoms with Crippen LogP contribution in [0.3, 0.4) is 0 Å². The summed E-state index contributed by atoms with van der Waals surface area (Å²) in [5.41, 5.74) is 0.965. The molecule has 1 heterocycles. The first kappa shape index (κ1) is 29.9. The Hall–Kier alpha value is -2.37. The van der Waals surface area contributed by atoms with Crippen molar-refractivity contribution in [2.24, 2.45) is 0 Å². The molecule has 202 valence electrons. The van der Waals surface area contributed by atoms with E-state index in [0.717, 1.165) is 28.9 Å². The average Bonchev–Trinajstić information content (AvgIpc) is 3.03. The third-order valence-electron chi connectivity index (χ3n) is 6.96. The number of esters is 1. The molecule has 6 heteroatoms. The van der Waals surface area contributed by atoms with Crippen molar-refractivity contribution in [3.8, 4) is 0 Å². The van der Waals surface area contributed by atoms with Crippen molar-refractivity contribution in [1.29, 1.82) is 0 Å². The van der Waals surface area contributed by atoms with E-state index in [4.69, 9.17) is 9.47 Å². The quantitative estimate of drug-likeness (QED) is 0.151. The number of benzene rings is 1. The van der Waals surface area contributed by atoms with E-state index in [1.54, 1.807) is 32.0 Å². The highest BCUT2D eigenvalue weighted by molar-refractivity contribution is 6.02. The fraction of sp³-hybridized carbons (Fsp3) is 0.700. The van der Waals surface area contributed by atoms with Crippen LogP contribution in [0.2, 0.25) is 0 Å². The molecule has 1 aromatic rings. The van der Waals surface area contributed by atoms with Crippen LogP contribution in [0.5, 0.6) is 0 Å². The summed E-state index contributed by atoms with van der Waals surface area (Å²) in [5.74, 6) is -0.694. The standard InChI is InChI=1S/C30H47NO5/c1-5-6-7-8-9-10-11-12-13-14-15-16-17-18-21-35-27(32)25-19-20-26(24(2)22-25)23-31-28(33)30(3,4)36-29(31)34/h19-20,22H,5-18,21,23H2,1-4H3. The van der Waals surface area contributed by atoms with Gasteiger partial charge >= 0.3 is 12.1 Å². The molecule has 1 fully saturated rings. The minimum atomic E-state index is -1.14. The number of cyclic esters (lactones) is 1. The number of ether oxygens (including phenoxy) is 2. The normalized spacial score (nSPS) is 14.8. The van der Waals surface area contributed by atoms with Crippen molar-refractivity contribution in [1.82, 2.24) is 4.90 Å². The van der Waals surface area contributed by atoms with Gasteiger partial charge in [-0.15, -0.1) is 0 Å². The number of unbranched alkanes of at least 4 members (excludes halogenated alkanes) is 13. The Morgan fingerprint density at radius 2 is 1.39 bits per heavy atom. The number of imide groups is 1. The lowest BCUT2D eigenvalue weighted by Crippen LogP contribution is -2.35. The van der Waals surface area contributed by atoms with Crippen LogP contribution < -0.4 is 0 Å². The number of aryl methyl sites for hydroxylation is 1. The summed E-state index contributed by atoms with van der Waals surface area (Å²) in [6.45, 7) is 7.84. The molecule has 0 spiro atoms. The van der Waals surface area contributed by atoms with Crippen LogP contribution in [0, 0.1) is 6.92 Å². The second-order valence-electron chi connectivity index (χ2n) is 10.6. The molecule has 1 aromatic carbocycles. The number of carbonyl (C=O) groups is 3. The molecule has 0 N–H and O–H groups in total. The summed E-state index contributed by atoms with van der Waals surface area (Å²) in [7, 11) is 0. The third-order valence-corrected chi connectivity index (χ3v) is 6.96. The Balaban J connectivity index is 1.55. The first-order valence-electron chi connectivity index (χ1n) is 14.1. The van der Waals surface area contributed by atoms with E-state index in [9.17, 15) is 14.4 Å². The van der Waals surface area contributed by atoms with Gasteiger partial charge < -0.3 is 9.47 Å². The van der Waals surface area contributed by atoms with Gasteiger partial charge in [-0.25, -0.2) is 14.5 Å². The Labute approximate surface area is 218 Å². The maximum absolute atomic E-state index is 12.4. The zero-order valence-corrected chi connectivity index (χ0v) is 23.0. The highest BCUT2D eigenvalue weighted by Crippen LogP contribution is 2.26. The highest BCUT2D eigenvalue weighted by atomic mass is 16.6. The van der Waals surface area contributed by atoms with E-state index in [2.05, 4.69) is 6.92 Å². The maximum Gasteiger partial charge on any atom is 0.418 e. The van der Waals surface area contributed by atoms with Gasteiger partial charge in [0, 0.05) is 0 Å². The van der Waals surface area contributed by atoms with Gasteiger partial charge in [0.05, 0.1) is 18.7 Å². The lowest BCUT2D eigenvalue weighted by molar-refractivity contribution is -0.134. The molecule has 1 aliphatic rings. The van der Waals surface area contributed by atoms with Gasteiger partial charge in [0.25, 0.3) is 5.91 Å². The third kappa shape index (κ3) is 9.94. The van der Waals surface area contributed by atoms with Gasteiger partial charge in [-0.1, -0.05) is 96.5 Å². The summed E-state index contributed by atoms with van der Waals surface area (Å²) in [5, 5.41) is 0. The fourth-order valence-electron chi connectivity index (χ4n) is 4.58. The Kier molecular flexibility index (Phi) is 13.0. The van der Waals surface area contributed by atoms with E-state index in [-0.39, 0.29) is 18.4 Å². The number of nitrogens with zero attached hydrogens (tertiary/aromatic N) is 1. The fourth-order valence-corrected chi connectivity index (χ4v) is 4.58. The number of hydrogen-bond acceptors (Lipinski definition) is 5. The molecule has 2 rings (SSSR count). The van der Waals surface area contributed by atoms with Crippen LogP contribution in [0.1, 0.15) is 132 Å². The number of carbonyl (C=O) groups excluding carboxylic acids is 3. The molecule has 36 heavy (non-hydrogen) atoms. The Morgan fingerprint density at radius 3 is 1.86 bits per heavy atom. The molecular formula is C30H47NO5. The largest absolute Gasteiger partial charge is 0.462 e. The van der Waals surface area contributed by atoms with Gasteiger partial charge in [0.2, 0.25) is 0 Å². The van der Waals surface area contributed by atoms with Gasteiger partial charge in [-0.05, 0) is 50.5 Å². The molecule has 0 aromatic heterocycles. The van der Waals surface area contributed by atoms with Crippen LogP contribution in [-0.4, -0.2) is 35.1 Å². The van der Waals surface area contributed by atoms with Crippen LogP contribution in [-0.2, 0) is 20.8 Å². The maximum atomic E-state index is 12.4. The number of rotatable bonds is 18. The lowest BCUT2D eigenvalue weighted by Gasteiger charge is -2.15. The molecule has 1 saturated heterocycles. The molecule has 6 nitrogen and oxygen atoms in total. The van der Waals surface area contributed by atoms with Gasteiger partial charge in [-0.3, -0.25) is 4.79 Å². The van der Waals surface area contributed by atoms with Crippen LogP contribution in [0.15, 0.2) is 18.2 Å². The predicted octanol–water partition coefficient (Wildman–Crippen LogP) is 7.89. The zero-order chi connectivity index (χ0) is 26.4. The smallest absolute Gasteiger partial charge is 0.418 e. The SMILES string of the molecule is CCCCCCCCCCCCCCCCOC(=O)c1ccc(CN2C(=O)OC(C)(C)C2=O)c(C)c1. The second-order valence-corrected chi connectivity index (χ2v) is 10.6. The lowest BCUT2D eigenvalue weighted by atomic mass is 10.0. The molecule has 0 radical (unpaired) electrons. The molecule has 1 aliphatic heterocycles. The molecule has 0 bridgehead atoms. The molecule has 0 atom stereocenters. The summed E-state index contributed by atoms with van der Waals surface area (Å²) < 4.78 is 10.6. The van der Waals surface area contributed by atoms with E-state index in [1.165, 1.54) is 77.0 Å². The Bertz CT molecular complexity index is 848. The molecule has 0 aliphatic carbocycles. The predicted molar refractivity (Wildman–Crippen MR) is 143 cm³/mol. The first-order chi connectivity index (χ1) is 17.3. The summed E-state index contributed by atoms with van der Waals surface area (Å²) in [6.07, 6.45) is 17.5. The molecular weight excluding hydrogens is 454 g/mol. The van der Waals surface area contributed by atoms with Crippen LogP contribution >= 0.6 is 0 Å². The Morgan fingerprint density at radius 1 is 0.861 bits per heavy atom. The van der Waals surface area contributed by atoms with Crippen LogP contribution in [0.25, 0.3) is 0 Å². The summed E-state index contributed by atoms with van der Waals surface area (Å²) >= 11 is 0. The van der Waals surface area contributed by atoms with E-state index in [1.807, 2.05) is 6.92 Å². The summed E-state index contributed by atoms with van der Waals surface area (Å²) in [6, 6.07) is 5.21. The van der Waals surface area contributed by atoms with Crippen molar-refractivity contribution < 1.29 is 23.9 Å². The highest BCUT2D eigenvalue weighted by Gasteiger charge is 2.47. The first-order valence-corrected chi connectivity index (χ1v) is 14.1. The minimum Gasteiger partial charge on any atom is -0.462 e. The topological polar surface area (TPSA) is 72.9 Å². The number of hydrogen-bond donors (Lipinski definition) is 0. The van der Waals surface area contributed by atoms with E-state index in [0.29, 0.717) is 12.2 Å². The minimum absolute atomic E-state index is 0.126. The molecule has 0 saturated carbocycles. The van der Waals surface area contributed by atoms with Gasteiger partial charge in [0.1, 0.15) is 0 Å². The van der Waals surface area contributed by atoms with Gasteiger partial charge in [0.15, 0.2) is 5.60 Å².